The summed E-state index contributed by atoms with van der Waals surface area (Å²) in [6, 6.07) is 19.8. The highest BCUT2D eigenvalue weighted by atomic mass is 35.5. The number of amides is 2. The molecule has 0 aromatic heterocycles. The maximum absolute atomic E-state index is 14.1. The van der Waals surface area contributed by atoms with Crippen molar-refractivity contribution in [1.82, 2.24) is 10.2 Å². The highest BCUT2D eigenvalue weighted by Crippen LogP contribution is 2.27. The van der Waals surface area contributed by atoms with Crippen molar-refractivity contribution in [2.75, 3.05) is 17.4 Å². The van der Waals surface area contributed by atoms with Gasteiger partial charge in [0.15, 0.2) is 0 Å². The van der Waals surface area contributed by atoms with Crippen LogP contribution in [0.2, 0.25) is 5.02 Å². The third kappa shape index (κ3) is 8.08. The molecule has 0 aliphatic heterocycles. The minimum atomic E-state index is -4.14. The number of hydrogen-bond acceptors (Lipinski definition) is 4. The van der Waals surface area contributed by atoms with Gasteiger partial charge in [-0.05, 0) is 62.6 Å². The van der Waals surface area contributed by atoms with Crippen LogP contribution in [0.3, 0.4) is 0 Å². The second-order valence-corrected chi connectivity index (χ2v) is 12.2. The van der Waals surface area contributed by atoms with Crippen LogP contribution in [0.5, 0.6) is 0 Å². The van der Waals surface area contributed by atoms with E-state index in [1.165, 1.54) is 23.1 Å². The standard InChI is InChI=1S/C31H38ClN3O4S/c1-5-7-18-33-31(37)29(6-2)34(21-25-11-8-10-24(4)19-25)30(36)22-35(27-13-9-12-26(32)20-27)40(38,39)28-16-14-23(3)15-17-28/h8-17,19-20,29H,5-7,18,21-22H2,1-4H3,(H,33,37). The van der Waals surface area contributed by atoms with Gasteiger partial charge in [0.25, 0.3) is 10.0 Å². The smallest absolute Gasteiger partial charge is 0.264 e. The fraction of sp³-hybridized carbons (Fsp3) is 0.355. The fourth-order valence-corrected chi connectivity index (χ4v) is 6.02. The summed E-state index contributed by atoms with van der Waals surface area (Å²) in [5.74, 6) is -0.748. The summed E-state index contributed by atoms with van der Waals surface area (Å²) in [6.45, 7) is 7.88. The molecule has 1 N–H and O–H groups in total. The average molecular weight is 584 g/mol. The fourth-order valence-electron chi connectivity index (χ4n) is 4.43. The minimum absolute atomic E-state index is 0.0560. The molecule has 1 unspecified atom stereocenters. The first kappa shape index (κ1) is 31.2. The van der Waals surface area contributed by atoms with Crippen molar-refractivity contribution in [3.8, 4) is 0 Å². The number of nitrogens with zero attached hydrogens (tertiary/aromatic N) is 2. The molecule has 40 heavy (non-hydrogen) atoms. The van der Waals surface area contributed by atoms with E-state index < -0.39 is 28.5 Å². The Labute approximate surface area is 243 Å². The third-order valence-corrected chi connectivity index (χ3v) is 8.66. The number of anilines is 1. The summed E-state index contributed by atoms with van der Waals surface area (Å²) in [5.41, 5.74) is 3.04. The van der Waals surface area contributed by atoms with Crippen LogP contribution in [-0.2, 0) is 26.2 Å². The van der Waals surface area contributed by atoms with Crippen LogP contribution in [0.15, 0.2) is 77.7 Å². The van der Waals surface area contributed by atoms with Gasteiger partial charge in [0.05, 0.1) is 10.6 Å². The van der Waals surface area contributed by atoms with Gasteiger partial charge in [0.1, 0.15) is 12.6 Å². The summed E-state index contributed by atoms with van der Waals surface area (Å²) in [6.07, 6.45) is 2.12. The Morgan fingerprint density at radius 1 is 0.925 bits per heavy atom. The van der Waals surface area contributed by atoms with Gasteiger partial charge in [-0.2, -0.15) is 0 Å². The van der Waals surface area contributed by atoms with Crippen molar-refractivity contribution in [3.05, 3.63) is 94.5 Å². The van der Waals surface area contributed by atoms with E-state index in [0.29, 0.717) is 18.0 Å². The number of carbonyl (C=O) groups excluding carboxylic acids is 2. The van der Waals surface area contributed by atoms with Crippen LogP contribution in [0, 0.1) is 13.8 Å². The number of aryl methyl sites for hydroxylation is 2. The van der Waals surface area contributed by atoms with E-state index in [0.717, 1.165) is 33.8 Å². The van der Waals surface area contributed by atoms with Crippen LogP contribution in [0.1, 0.15) is 49.8 Å². The van der Waals surface area contributed by atoms with Crippen molar-refractivity contribution >= 4 is 39.1 Å². The van der Waals surface area contributed by atoms with E-state index in [-0.39, 0.29) is 23.0 Å². The van der Waals surface area contributed by atoms with Gasteiger partial charge in [-0.1, -0.05) is 85.5 Å². The Bertz CT molecular complexity index is 1410. The number of hydrogen-bond donors (Lipinski definition) is 1. The minimum Gasteiger partial charge on any atom is -0.354 e. The van der Waals surface area contributed by atoms with E-state index in [9.17, 15) is 18.0 Å². The predicted octanol–water partition coefficient (Wildman–Crippen LogP) is 5.88. The van der Waals surface area contributed by atoms with E-state index in [1.807, 2.05) is 52.0 Å². The maximum atomic E-state index is 14.1. The van der Waals surface area contributed by atoms with Crippen molar-refractivity contribution in [3.63, 3.8) is 0 Å². The number of unbranched alkanes of at least 4 members (excludes halogenated alkanes) is 1. The summed E-state index contributed by atoms with van der Waals surface area (Å²) in [5, 5.41) is 3.28. The van der Waals surface area contributed by atoms with Crippen LogP contribution in [0.4, 0.5) is 5.69 Å². The zero-order valence-corrected chi connectivity index (χ0v) is 25.1. The van der Waals surface area contributed by atoms with Gasteiger partial charge in [-0.15, -0.1) is 0 Å². The number of nitrogens with one attached hydrogen (secondary N) is 1. The summed E-state index contributed by atoms with van der Waals surface area (Å²) in [4.78, 5) is 28.9. The molecule has 214 valence electrons. The van der Waals surface area contributed by atoms with E-state index in [2.05, 4.69) is 5.32 Å². The molecule has 0 radical (unpaired) electrons. The van der Waals surface area contributed by atoms with Crippen LogP contribution < -0.4 is 9.62 Å². The molecular formula is C31H38ClN3O4S. The van der Waals surface area contributed by atoms with Crippen LogP contribution >= 0.6 is 11.6 Å². The monoisotopic (exact) mass is 583 g/mol. The normalized spacial score (nSPS) is 12.0. The van der Waals surface area contributed by atoms with E-state index in [1.54, 1.807) is 30.3 Å². The second-order valence-electron chi connectivity index (χ2n) is 9.88. The lowest BCUT2D eigenvalue weighted by Crippen LogP contribution is -2.52. The summed E-state index contributed by atoms with van der Waals surface area (Å²) < 4.78 is 28.9. The molecular weight excluding hydrogens is 546 g/mol. The van der Waals surface area contributed by atoms with Crippen molar-refractivity contribution < 1.29 is 18.0 Å². The zero-order valence-electron chi connectivity index (χ0n) is 23.6. The van der Waals surface area contributed by atoms with E-state index >= 15 is 0 Å². The summed E-state index contributed by atoms with van der Waals surface area (Å²) in [7, 11) is -4.14. The molecule has 0 heterocycles. The Kier molecular flexibility index (Phi) is 11.2. The van der Waals surface area contributed by atoms with Crippen LogP contribution in [0.25, 0.3) is 0 Å². The predicted molar refractivity (Wildman–Crippen MR) is 161 cm³/mol. The van der Waals surface area contributed by atoms with Gasteiger partial charge in [-0.3, -0.25) is 13.9 Å². The topological polar surface area (TPSA) is 86.8 Å². The van der Waals surface area contributed by atoms with Crippen molar-refractivity contribution in [1.29, 1.82) is 0 Å². The molecule has 0 spiro atoms. The number of halogens is 1. The molecule has 7 nitrogen and oxygen atoms in total. The largest absolute Gasteiger partial charge is 0.354 e. The first-order chi connectivity index (χ1) is 19.1. The lowest BCUT2D eigenvalue weighted by atomic mass is 10.1. The van der Waals surface area contributed by atoms with Gasteiger partial charge in [0.2, 0.25) is 11.8 Å². The summed E-state index contributed by atoms with van der Waals surface area (Å²) >= 11 is 6.23. The maximum Gasteiger partial charge on any atom is 0.264 e. The molecule has 3 aromatic carbocycles. The molecule has 0 bridgehead atoms. The quantitative estimate of drug-likeness (QED) is 0.255. The second kappa shape index (κ2) is 14.3. The Morgan fingerprint density at radius 2 is 1.62 bits per heavy atom. The molecule has 0 saturated heterocycles. The first-order valence-corrected chi connectivity index (χ1v) is 15.4. The Morgan fingerprint density at radius 3 is 2.25 bits per heavy atom. The molecule has 0 saturated carbocycles. The SMILES string of the molecule is CCCCNC(=O)C(CC)N(Cc1cccc(C)c1)C(=O)CN(c1cccc(Cl)c1)S(=O)(=O)c1ccc(C)cc1. The van der Waals surface area contributed by atoms with E-state index in [4.69, 9.17) is 11.6 Å². The molecule has 0 fully saturated rings. The lowest BCUT2D eigenvalue weighted by Gasteiger charge is -2.33. The molecule has 2 amide bonds. The number of sulfonamides is 1. The average Bonchev–Trinajstić information content (AvgIpc) is 2.91. The number of carbonyl (C=O) groups is 2. The molecule has 0 aliphatic carbocycles. The third-order valence-electron chi connectivity index (χ3n) is 6.63. The Hall–Kier alpha value is -3.36. The molecule has 9 heteroatoms. The lowest BCUT2D eigenvalue weighted by molar-refractivity contribution is -0.140. The molecule has 3 rings (SSSR count). The molecule has 3 aromatic rings. The van der Waals surface area contributed by atoms with Crippen molar-refractivity contribution in [2.45, 2.75) is 64.4 Å². The number of benzene rings is 3. The number of rotatable bonds is 13. The van der Waals surface area contributed by atoms with Gasteiger partial charge >= 0.3 is 0 Å². The van der Waals surface area contributed by atoms with Gasteiger partial charge in [-0.25, -0.2) is 8.42 Å². The van der Waals surface area contributed by atoms with Gasteiger partial charge in [0, 0.05) is 18.1 Å². The van der Waals surface area contributed by atoms with Gasteiger partial charge < -0.3 is 10.2 Å². The highest BCUT2D eigenvalue weighted by molar-refractivity contribution is 7.92. The van der Waals surface area contributed by atoms with Crippen LogP contribution in [-0.4, -0.2) is 44.3 Å². The van der Waals surface area contributed by atoms with Crippen molar-refractivity contribution in [2.24, 2.45) is 0 Å². The Balaban J connectivity index is 2.04. The zero-order chi connectivity index (χ0) is 29.3. The highest BCUT2D eigenvalue weighted by Gasteiger charge is 2.33. The molecule has 1 atom stereocenters. The first-order valence-electron chi connectivity index (χ1n) is 13.5. The molecule has 0 aliphatic rings.